The van der Waals surface area contributed by atoms with Crippen molar-refractivity contribution >= 4 is 18.7 Å². The molecule has 1 rings (SSSR count). The topological polar surface area (TPSA) is 203 Å². The number of carbonyl (C=O) groups is 1. The van der Waals surface area contributed by atoms with Gasteiger partial charge in [0.2, 0.25) is 0 Å². The van der Waals surface area contributed by atoms with Gasteiger partial charge in [0, 0.05) is 0 Å². The molecule has 1 aliphatic heterocycles. The van der Waals surface area contributed by atoms with Gasteiger partial charge in [0.25, 0.3) is 0 Å². The number of aliphatic hydroxyl groups excluding tert-OH is 7. The van der Waals surface area contributed by atoms with Crippen molar-refractivity contribution in [1.29, 1.82) is 0 Å². The quantitative estimate of drug-likeness (QED) is 0.188. The molecule has 0 bridgehead atoms. The van der Waals surface area contributed by atoms with Gasteiger partial charge in [-0.2, -0.15) is 0 Å². The predicted molar refractivity (Wildman–Crippen MR) is 79.0 cm³/mol. The van der Waals surface area contributed by atoms with E-state index in [-0.39, 0.29) is 18.7 Å². The second-order valence-corrected chi connectivity index (χ2v) is 5.25. The Bertz CT molecular complexity index is 376. The average Bonchev–Trinajstić information content (AvgIpc) is 2.57. The first-order valence-electron chi connectivity index (χ1n) is 6.92. The van der Waals surface area contributed by atoms with Crippen LogP contribution in [0, 0.1) is 0 Å². The lowest BCUT2D eigenvalue weighted by atomic mass is 9.98. The molecule has 0 aromatic rings. The van der Waals surface area contributed by atoms with E-state index in [9.17, 15) is 30.3 Å². The summed E-state index contributed by atoms with van der Waals surface area (Å²) in [6, 6.07) is -1.45. The van der Waals surface area contributed by atoms with Crippen LogP contribution < -0.4 is 5.73 Å². The summed E-state index contributed by atoms with van der Waals surface area (Å²) in [4.78, 5) is 10.8. The molecule has 1 heterocycles. The van der Waals surface area contributed by atoms with Gasteiger partial charge in [0.15, 0.2) is 6.29 Å². The third kappa shape index (κ3) is 5.28. The van der Waals surface area contributed by atoms with Gasteiger partial charge in [-0.05, 0) is 0 Å². The number of ether oxygens (including phenoxy) is 2. The summed E-state index contributed by atoms with van der Waals surface area (Å²) in [6.07, 6.45) is -12.9. The van der Waals surface area contributed by atoms with Gasteiger partial charge < -0.3 is 55.7 Å². The highest BCUT2D eigenvalue weighted by molar-refractivity contribution is 5.85. The molecule has 1 aliphatic rings. The lowest BCUT2D eigenvalue weighted by Gasteiger charge is -2.42. The van der Waals surface area contributed by atoms with Crippen LogP contribution in [0.2, 0.25) is 0 Å². The minimum Gasteiger partial charge on any atom is -0.394 e. The Labute approximate surface area is 143 Å². The van der Waals surface area contributed by atoms with E-state index in [0.29, 0.717) is 0 Å². The van der Waals surface area contributed by atoms with Crippen molar-refractivity contribution in [3.8, 4) is 0 Å². The van der Waals surface area contributed by atoms with Gasteiger partial charge in [0.1, 0.15) is 49.0 Å². The van der Waals surface area contributed by atoms with E-state index in [1.807, 2.05) is 0 Å². The molecule has 9 N–H and O–H groups in total. The van der Waals surface area contributed by atoms with Gasteiger partial charge in [-0.3, -0.25) is 0 Å². The van der Waals surface area contributed by atoms with Gasteiger partial charge in [-0.15, -0.1) is 12.4 Å². The summed E-state index contributed by atoms with van der Waals surface area (Å²) in [7, 11) is 0. The van der Waals surface area contributed by atoms with Crippen molar-refractivity contribution < 1.29 is 50.0 Å². The normalized spacial score (nSPS) is 35.4. The molecule has 11 nitrogen and oxygen atoms in total. The molecule has 0 aromatic carbocycles. The molecule has 0 aromatic heterocycles. The summed E-state index contributed by atoms with van der Waals surface area (Å²) in [6.45, 7) is -1.54. The summed E-state index contributed by atoms with van der Waals surface area (Å²) in [5.41, 5.74) is 5.46. The minimum atomic E-state index is -1.80. The number of rotatable bonds is 8. The highest BCUT2D eigenvalue weighted by atomic mass is 35.5. The van der Waals surface area contributed by atoms with Crippen LogP contribution in [0.1, 0.15) is 0 Å². The van der Waals surface area contributed by atoms with E-state index >= 15 is 0 Å². The second-order valence-electron chi connectivity index (χ2n) is 5.25. The highest BCUT2D eigenvalue weighted by Gasteiger charge is 2.46. The van der Waals surface area contributed by atoms with Crippen molar-refractivity contribution in [3.63, 3.8) is 0 Å². The van der Waals surface area contributed by atoms with Gasteiger partial charge in [-0.1, -0.05) is 0 Å². The summed E-state index contributed by atoms with van der Waals surface area (Å²) < 4.78 is 10.2. The van der Waals surface area contributed by atoms with E-state index in [4.69, 9.17) is 25.4 Å². The van der Waals surface area contributed by atoms with Crippen molar-refractivity contribution in [2.24, 2.45) is 5.73 Å². The largest absolute Gasteiger partial charge is 0.394 e. The zero-order chi connectivity index (χ0) is 17.7. The van der Waals surface area contributed by atoms with Crippen LogP contribution in [0.5, 0.6) is 0 Å². The van der Waals surface area contributed by atoms with Crippen molar-refractivity contribution in [3.05, 3.63) is 0 Å². The molecule has 1 fully saturated rings. The number of hydrogen-bond donors (Lipinski definition) is 8. The zero-order valence-electron chi connectivity index (χ0n) is 12.5. The molecule has 0 radical (unpaired) electrons. The number of carbonyl (C=O) groups excluding carboxylic acids is 1. The molecule has 9 atom stereocenters. The Morgan fingerprint density at radius 1 is 1.12 bits per heavy atom. The van der Waals surface area contributed by atoms with Gasteiger partial charge in [-0.25, -0.2) is 0 Å². The van der Waals surface area contributed by atoms with E-state index in [0.717, 1.165) is 0 Å². The van der Waals surface area contributed by atoms with Crippen LogP contribution >= 0.6 is 12.4 Å². The average molecular weight is 378 g/mol. The Morgan fingerprint density at radius 3 is 2.17 bits per heavy atom. The van der Waals surface area contributed by atoms with E-state index in [2.05, 4.69) is 0 Å². The summed E-state index contributed by atoms with van der Waals surface area (Å²) in [5.74, 6) is 0. The third-order valence-electron chi connectivity index (χ3n) is 3.59. The lowest BCUT2D eigenvalue weighted by Crippen LogP contribution is -2.62. The fraction of sp³-hybridized carbons (Fsp3) is 0.917. The molecular weight excluding hydrogens is 354 g/mol. The highest BCUT2D eigenvalue weighted by Crippen LogP contribution is 2.24. The Balaban J connectivity index is 0.00000529. The Hall–Kier alpha value is -0.440. The summed E-state index contributed by atoms with van der Waals surface area (Å²) in [5, 5.41) is 66.4. The van der Waals surface area contributed by atoms with Gasteiger partial charge >= 0.3 is 0 Å². The summed E-state index contributed by atoms with van der Waals surface area (Å²) >= 11 is 0. The van der Waals surface area contributed by atoms with Crippen molar-refractivity contribution in [2.45, 2.75) is 55.1 Å². The second kappa shape index (κ2) is 10.5. The third-order valence-corrected chi connectivity index (χ3v) is 3.59. The maximum atomic E-state index is 10.8. The molecule has 0 spiro atoms. The molecule has 12 heteroatoms. The van der Waals surface area contributed by atoms with Crippen LogP contribution in [-0.4, -0.2) is 110 Å². The zero-order valence-corrected chi connectivity index (χ0v) is 13.3. The van der Waals surface area contributed by atoms with Crippen molar-refractivity contribution in [1.82, 2.24) is 0 Å². The van der Waals surface area contributed by atoms with Crippen LogP contribution in [-0.2, 0) is 14.3 Å². The van der Waals surface area contributed by atoms with Crippen LogP contribution in [0.25, 0.3) is 0 Å². The Morgan fingerprint density at radius 2 is 1.71 bits per heavy atom. The number of nitrogens with two attached hydrogens (primary N) is 1. The fourth-order valence-corrected chi connectivity index (χ4v) is 2.14. The molecule has 1 saturated heterocycles. The number of aliphatic hydroxyl groups is 7. The molecule has 0 saturated carbocycles. The molecular formula is C12H24ClNO10. The number of halogens is 1. The first-order chi connectivity index (χ1) is 10.8. The number of hydrogen-bond acceptors (Lipinski definition) is 11. The first-order valence-corrected chi connectivity index (χ1v) is 6.92. The van der Waals surface area contributed by atoms with Crippen LogP contribution in [0.3, 0.4) is 0 Å². The van der Waals surface area contributed by atoms with Crippen molar-refractivity contribution in [2.75, 3.05) is 13.2 Å². The fourth-order valence-electron chi connectivity index (χ4n) is 2.14. The standard InChI is InChI=1S/C12H23NO10.ClH/c13-4(1-14)11(7(18)5(17)2-15)23-12-10(21)9(20)8(19)6(3-16)22-12;/h1,4-12,15-21H,2-3,13H2;1H/t4-,5+,6+,7+,8-,9-,10+,11+,12-;/m0./s1. The predicted octanol–water partition coefficient (Wildman–Crippen LogP) is -5.17. The van der Waals surface area contributed by atoms with E-state index in [1.54, 1.807) is 0 Å². The molecule has 0 aliphatic carbocycles. The number of aldehydes is 1. The van der Waals surface area contributed by atoms with Crippen LogP contribution in [0.15, 0.2) is 0 Å². The minimum absolute atomic E-state index is 0. The van der Waals surface area contributed by atoms with Crippen LogP contribution in [0.4, 0.5) is 0 Å². The first kappa shape index (κ1) is 23.6. The lowest BCUT2D eigenvalue weighted by molar-refractivity contribution is -0.320. The molecule has 0 amide bonds. The molecule has 0 unspecified atom stereocenters. The SMILES string of the molecule is Cl.N[C@@H](C=O)[C@@H](O[C@@H]1O[C@H](CO)[C@H](O)[C@H](O)[C@H]1O)[C@H](O)[C@H](O)CO. The van der Waals surface area contributed by atoms with E-state index in [1.165, 1.54) is 0 Å². The molecule has 144 valence electrons. The maximum absolute atomic E-state index is 10.8. The monoisotopic (exact) mass is 377 g/mol. The Kier molecular flexibility index (Phi) is 10.3. The van der Waals surface area contributed by atoms with E-state index < -0.39 is 68.3 Å². The smallest absolute Gasteiger partial charge is 0.187 e. The van der Waals surface area contributed by atoms with Gasteiger partial charge in [0.05, 0.1) is 19.3 Å². The maximum Gasteiger partial charge on any atom is 0.187 e. The molecule has 24 heavy (non-hydrogen) atoms.